The zero-order valence-corrected chi connectivity index (χ0v) is 14.8. The number of amides is 1. The number of methoxy groups -OCH3 is 1. The molecule has 0 spiro atoms. The summed E-state index contributed by atoms with van der Waals surface area (Å²) < 4.78 is 10.7. The van der Waals surface area contributed by atoms with E-state index in [9.17, 15) is 4.79 Å². The molecule has 1 aromatic rings. The van der Waals surface area contributed by atoms with E-state index in [4.69, 9.17) is 9.15 Å². The molecule has 134 valence electrons. The molecule has 0 radical (unpaired) electrons. The number of carbonyl (C=O) groups is 1. The highest BCUT2D eigenvalue weighted by Crippen LogP contribution is 2.27. The van der Waals surface area contributed by atoms with Crippen LogP contribution in [-0.4, -0.2) is 48.6 Å². The molecule has 0 aromatic carbocycles. The smallest absolute Gasteiger partial charge is 0.307 e. The predicted octanol–water partition coefficient (Wildman–Crippen LogP) is 2.38. The molecule has 1 fully saturated rings. The first kappa shape index (κ1) is 17.4. The van der Waals surface area contributed by atoms with Gasteiger partial charge in [0.15, 0.2) is 0 Å². The third kappa shape index (κ3) is 4.36. The fraction of sp³-hybridized carbons (Fsp3) is 0.778. The van der Waals surface area contributed by atoms with Crippen molar-refractivity contribution in [3.05, 3.63) is 17.3 Å². The summed E-state index contributed by atoms with van der Waals surface area (Å²) in [6.45, 7) is 5.33. The van der Waals surface area contributed by atoms with E-state index in [1.165, 1.54) is 32.1 Å². The van der Waals surface area contributed by atoms with Gasteiger partial charge in [0.05, 0.1) is 12.3 Å². The van der Waals surface area contributed by atoms with Crippen molar-refractivity contribution >= 4 is 5.91 Å². The van der Waals surface area contributed by atoms with Gasteiger partial charge in [0, 0.05) is 39.2 Å². The van der Waals surface area contributed by atoms with Gasteiger partial charge in [-0.2, -0.15) is 0 Å². The van der Waals surface area contributed by atoms with Gasteiger partial charge < -0.3 is 14.5 Å². The quantitative estimate of drug-likeness (QED) is 0.864. The number of nitrogens with zero attached hydrogens (tertiary/aromatic N) is 2. The van der Waals surface area contributed by atoms with E-state index in [0.29, 0.717) is 6.61 Å². The van der Waals surface area contributed by atoms with Crippen molar-refractivity contribution in [2.45, 2.75) is 58.0 Å². The van der Waals surface area contributed by atoms with Crippen molar-refractivity contribution in [1.29, 1.82) is 0 Å². The summed E-state index contributed by atoms with van der Waals surface area (Å²) in [7, 11) is 1.62. The average Bonchev–Trinajstić information content (AvgIpc) is 2.99. The first-order chi connectivity index (χ1) is 11.7. The lowest BCUT2D eigenvalue weighted by molar-refractivity contribution is 0.0869. The van der Waals surface area contributed by atoms with E-state index >= 15 is 0 Å². The number of rotatable bonds is 6. The van der Waals surface area contributed by atoms with Gasteiger partial charge in [0.25, 0.3) is 5.89 Å². The first-order valence-corrected chi connectivity index (χ1v) is 9.16. The summed E-state index contributed by atoms with van der Waals surface area (Å²) in [5, 5.41) is 2.85. The van der Waals surface area contributed by atoms with Gasteiger partial charge in [-0.25, -0.2) is 4.98 Å². The normalized spacial score (nSPS) is 20.6. The lowest BCUT2D eigenvalue weighted by Gasteiger charge is -2.31. The largest absolute Gasteiger partial charge is 0.437 e. The minimum absolute atomic E-state index is 0.0609. The van der Waals surface area contributed by atoms with Crippen molar-refractivity contribution in [3.63, 3.8) is 0 Å². The summed E-state index contributed by atoms with van der Waals surface area (Å²) in [5.74, 6) is 1.62. The number of nitrogens with one attached hydrogen (secondary N) is 1. The highest BCUT2D eigenvalue weighted by Gasteiger charge is 2.27. The van der Waals surface area contributed by atoms with Crippen molar-refractivity contribution < 1.29 is 13.9 Å². The Morgan fingerprint density at radius 2 is 2.21 bits per heavy atom. The van der Waals surface area contributed by atoms with E-state index in [1.807, 2.05) is 6.92 Å². The van der Waals surface area contributed by atoms with Gasteiger partial charge in [-0.1, -0.05) is 19.3 Å². The number of aromatic nitrogens is 1. The lowest BCUT2D eigenvalue weighted by atomic mass is 9.88. The number of carbonyl (C=O) groups excluding carboxylic acids is 1. The van der Waals surface area contributed by atoms with E-state index in [0.717, 1.165) is 43.4 Å². The Balaban J connectivity index is 1.56. The predicted molar refractivity (Wildman–Crippen MR) is 90.9 cm³/mol. The second-order valence-electron chi connectivity index (χ2n) is 7.21. The molecule has 2 heterocycles. The minimum atomic E-state index is -0.257. The Morgan fingerprint density at radius 1 is 1.42 bits per heavy atom. The first-order valence-electron chi connectivity index (χ1n) is 9.16. The molecule has 1 atom stereocenters. The molecule has 1 aliphatic heterocycles. The number of fused-ring (bicyclic) bond motifs is 1. The van der Waals surface area contributed by atoms with Crippen LogP contribution in [0.5, 0.6) is 0 Å². The Labute approximate surface area is 143 Å². The second-order valence-corrected chi connectivity index (χ2v) is 7.21. The van der Waals surface area contributed by atoms with E-state index in [2.05, 4.69) is 15.2 Å². The average molecular weight is 335 g/mol. The fourth-order valence-electron chi connectivity index (χ4n) is 3.82. The summed E-state index contributed by atoms with van der Waals surface area (Å²) in [5.41, 5.74) is 0.932. The zero-order valence-electron chi connectivity index (χ0n) is 14.8. The third-order valence-electron chi connectivity index (χ3n) is 5.04. The van der Waals surface area contributed by atoms with Crippen LogP contribution in [0.3, 0.4) is 0 Å². The van der Waals surface area contributed by atoms with Crippen LogP contribution in [0.1, 0.15) is 61.2 Å². The lowest BCUT2D eigenvalue weighted by Crippen LogP contribution is -2.36. The molecular formula is C18H29N3O3. The van der Waals surface area contributed by atoms with Gasteiger partial charge in [-0.3, -0.25) is 9.69 Å². The molecule has 24 heavy (non-hydrogen) atoms. The highest BCUT2D eigenvalue weighted by atomic mass is 16.5. The molecule has 1 saturated carbocycles. The molecule has 3 rings (SSSR count). The maximum atomic E-state index is 12.2. The Kier molecular flexibility index (Phi) is 5.89. The van der Waals surface area contributed by atoms with Gasteiger partial charge in [-0.15, -0.1) is 0 Å². The van der Waals surface area contributed by atoms with Crippen LogP contribution in [-0.2, 0) is 17.7 Å². The van der Waals surface area contributed by atoms with E-state index in [-0.39, 0.29) is 17.8 Å². The van der Waals surface area contributed by atoms with Crippen molar-refractivity contribution in [2.75, 3.05) is 26.8 Å². The van der Waals surface area contributed by atoms with Gasteiger partial charge in [0.2, 0.25) is 0 Å². The van der Waals surface area contributed by atoms with Crippen LogP contribution in [0.2, 0.25) is 0 Å². The van der Waals surface area contributed by atoms with Crippen LogP contribution in [0.4, 0.5) is 0 Å². The maximum absolute atomic E-state index is 12.2. The molecule has 1 amide bonds. The maximum Gasteiger partial charge on any atom is 0.307 e. The second kappa shape index (κ2) is 8.12. The molecule has 2 aliphatic rings. The highest BCUT2D eigenvalue weighted by molar-refractivity contribution is 5.89. The van der Waals surface area contributed by atoms with Crippen LogP contribution in [0, 0.1) is 5.92 Å². The molecule has 6 heteroatoms. The summed E-state index contributed by atoms with van der Waals surface area (Å²) in [6.07, 6.45) is 7.69. The topological polar surface area (TPSA) is 67.6 Å². The van der Waals surface area contributed by atoms with Gasteiger partial charge >= 0.3 is 5.91 Å². The molecule has 1 N–H and O–H groups in total. The molecule has 6 nitrogen and oxygen atoms in total. The monoisotopic (exact) mass is 335 g/mol. The van der Waals surface area contributed by atoms with E-state index < -0.39 is 0 Å². The van der Waals surface area contributed by atoms with Crippen LogP contribution < -0.4 is 5.32 Å². The molecule has 1 unspecified atom stereocenters. The Morgan fingerprint density at radius 3 is 2.96 bits per heavy atom. The number of hydrogen-bond acceptors (Lipinski definition) is 5. The number of oxazole rings is 1. The minimum Gasteiger partial charge on any atom is -0.437 e. The fourth-order valence-corrected chi connectivity index (χ4v) is 3.82. The Bertz CT molecular complexity index is 552. The zero-order chi connectivity index (χ0) is 16.9. The van der Waals surface area contributed by atoms with Crippen LogP contribution >= 0.6 is 0 Å². The molecule has 0 bridgehead atoms. The summed E-state index contributed by atoms with van der Waals surface area (Å²) in [4.78, 5) is 19.1. The van der Waals surface area contributed by atoms with E-state index in [1.54, 1.807) is 7.11 Å². The molecular weight excluding hydrogens is 306 g/mol. The number of hydrogen-bond donors (Lipinski definition) is 1. The number of ether oxygens (including phenoxy) is 1. The molecule has 0 saturated heterocycles. The van der Waals surface area contributed by atoms with Crippen LogP contribution in [0.25, 0.3) is 0 Å². The van der Waals surface area contributed by atoms with Gasteiger partial charge in [-0.05, 0) is 25.7 Å². The van der Waals surface area contributed by atoms with Crippen molar-refractivity contribution in [2.24, 2.45) is 5.92 Å². The van der Waals surface area contributed by atoms with Crippen molar-refractivity contribution in [1.82, 2.24) is 15.2 Å². The summed E-state index contributed by atoms with van der Waals surface area (Å²) >= 11 is 0. The van der Waals surface area contributed by atoms with Gasteiger partial charge in [0.1, 0.15) is 5.76 Å². The SMILES string of the molecule is COCC(C)NC(=O)c1nc2c(o1)CCN(CC1CCCCC1)C2. The Hall–Kier alpha value is -1.40. The summed E-state index contributed by atoms with van der Waals surface area (Å²) in [6, 6.07) is -0.0609. The molecule has 1 aliphatic carbocycles. The third-order valence-corrected chi connectivity index (χ3v) is 5.04. The van der Waals surface area contributed by atoms with Crippen LogP contribution in [0.15, 0.2) is 4.42 Å². The standard InChI is InChI=1S/C18H29N3O3/c1-13(12-23-2)19-17(22)18-20-15-11-21(9-8-16(15)24-18)10-14-6-4-3-5-7-14/h13-14H,3-12H2,1-2H3,(H,19,22). The van der Waals surface area contributed by atoms with Crippen molar-refractivity contribution in [3.8, 4) is 0 Å². The molecule has 1 aromatic heterocycles.